The molecule has 0 saturated carbocycles. The first-order valence-electron chi connectivity index (χ1n) is 8.06. The van der Waals surface area contributed by atoms with E-state index in [1.54, 1.807) is 36.1 Å². The number of aromatic carboxylic acids is 1. The van der Waals surface area contributed by atoms with Crippen LogP contribution in [0, 0.1) is 6.92 Å². The number of piperidine rings is 1. The molecule has 3 rings (SSSR count). The highest BCUT2D eigenvalue weighted by Gasteiger charge is 2.29. The molecule has 7 nitrogen and oxygen atoms in total. The van der Waals surface area contributed by atoms with Gasteiger partial charge in [0.15, 0.2) is 0 Å². The van der Waals surface area contributed by atoms with Crippen molar-refractivity contribution in [1.29, 1.82) is 0 Å². The molecule has 1 aromatic carbocycles. The van der Waals surface area contributed by atoms with Gasteiger partial charge in [0.2, 0.25) is 0 Å². The molecule has 1 atom stereocenters. The number of carbonyl (C=O) groups is 2. The number of aromatic nitrogens is 3. The molecule has 1 amide bonds. The fourth-order valence-corrected chi connectivity index (χ4v) is 3.26. The van der Waals surface area contributed by atoms with Gasteiger partial charge in [-0.15, -0.1) is 5.10 Å². The number of likely N-dealkylation sites (tertiary alicyclic amines) is 1. The smallest absolute Gasteiger partial charge is 0.335 e. The molecule has 1 saturated heterocycles. The summed E-state index contributed by atoms with van der Waals surface area (Å²) in [4.78, 5) is 26.2. The lowest BCUT2D eigenvalue weighted by Crippen LogP contribution is -2.46. The normalized spacial score (nSPS) is 17.7. The third-order valence-corrected chi connectivity index (χ3v) is 4.55. The van der Waals surface area contributed by atoms with Crippen LogP contribution in [0.5, 0.6) is 0 Å². The number of carboxylic acids is 1. The molecule has 24 heavy (non-hydrogen) atoms. The second-order valence-corrected chi connectivity index (χ2v) is 6.06. The van der Waals surface area contributed by atoms with E-state index in [9.17, 15) is 14.7 Å². The molecule has 1 fully saturated rings. The summed E-state index contributed by atoms with van der Waals surface area (Å²) in [7, 11) is 0. The minimum absolute atomic E-state index is 0.0424. The van der Waals surface area contributed by atoms with E-state index in [1.807, 2.05) is 4.90 Å². The van der Waals surface area contributed by atoms with Crippen molar-refractivity contribution in [2.24, 2.45) is 0 Å². The average molecular weight is 328 g/mol. The summed E-state index contributed by atoms with van der Waals surface area (Å²) in [6.07, 6.45) is 6.33. The number of hydrogen-bond acceptors (Lipinski definition) is 4. The molecular weight excluding hydrogens is 308 g/mol. The monoisotopic (exact) mass is 328 g/mol. The zero-order chi connectivity index (χ0) is 17.1. The average Bonchev–Trinajstić information content (AvgIpc) is 3.08. The van der Waals surface area contributed by atoms with Crippen molar-refractivity contribution in [3.05, 3.63) is 47.3 Å². The maximum atomic E-state index is 13.0. The number of rotatable bonds is 4. The van der Waals surface area contributed by atoms with Crippen LogP contribution in [0.3, 0.4) is 0 Å². The Morgan fingerprint density at radius 1 is 1.29 bits per heavy atom. The summed E-state index contributed by atoms with van der Waals surface area (Å²) < 4.78 is 1.73. The van der Waals surface area contributed by atoms with Crippen molar-refractivity contribution in [2.45, 2.75) is 38.8 Å². The maximum absolute atomic E-state index is 13.0. The second-order valence-electron chi connectivity index (χ2n) is 6.06. The Bertz CT molecular complexity index is 742. The molecule has 0 aliphatic carbocycles. The maximum Gasteiger partial charge on any atom is 0.335 e. The Labute approximate surface area is 139 Å². The van der Waals surface area contributed by atoms with Crippen LogP contribution in [0.2, 0.25) is 0 Å². The molecule has 2 heterocycles. The molecule has 1 unspecified atom stereocenters. The third-order valence-electron chi connectivity index (χ3n) is 4.55. The molecule has 1 aliphatic rings. The quantitative estimate of drug-likeness (QED) is 0.927. The van der Waals surface area contributed by atoms with E-state index in [4.69, 9.17) is 0 Å². The lowest BCUT2D eigenvalue weighted by atomic mass is 9.97. The van der Waals surface area contributed by atoms with E-state index >= 15 is 0 Å². The van der Waals surface area contributed by atoms with Gasteiger partial charge in [-0.25, -0.2) is 4.79 Å². The molecule has 0 radical (unpaired) electrons. The van der Waals surface area contributed by atoms with Crippen molar-refractivity contribution in [1.82, 2.24) is 19.9 Å². The van der Waals surface area contributed by atoms with Gasteiger partial charge in [0.25, 0.3) is 5.91 Å². The van der Waals surface area contributed by atoms with Crippen LogP contribution in [0.25, 0.3) is 0 Å². The molecule has 2 aromatic rings. The molecule has 0 spiro atoms. The molecular formula is C17H20N4O3. The highest BCUT2D eigenvalue weighted by molar-refractivity contribution is 6.00. The minimum atomic E-state index is -1.01. The van der Waals surface area contributed by atoms with Crippen LogP contribution < -0.4 is 0 Å². The predicted octanol–water partition coefficient (Wildman–Crippen LogP) is 1.98. The van der Waals surface area contributed by atoms with Crippen molar-refractivity contribution in [3.63, 3.8) is 0 Å². The Balaban J connectivity index is 1.87. The van der Waals surface area contributed by atoms with Crippen LogP contribution in [0.4, 0.5) is 0 Å². The number of hydrogen-bond donors (Lipinski definition) is 1. The number of carbonyl (C=O) groups excluding carboxylic acids is 1. The zero-order valence-electron chi connectivity index (χ0n) is 13.6. The highest BCUT2D eigenvalue weighted by atomic mass is 16.4. The van der Waals surface area contributed by atoms with Gasteiger partial charge < -0.3 is 10.0 Å². The van der Waals surface area contributed by atoms with Crippen molar-refractivity contribution >= 4 is 11.9 Å². The Hall–Kier alpha value is -2.70. The molecule has 126 valence electrons. The summed E-state index contributed by atoms with van der Waals surface area (Å²) in [5.74, 6) is -1.12. The largest absolute Gasteiger partial charge is 0.478 e. The van der Waals surface area contributed by atoms with Gasteiger partial charge >= 0.3 is 5.97 Å². The standard InChI is InChI=1S/C17H20N4O3/c1-12-14(6-4-7-15(12)17(23)24)16(22)21-9-3-2-5-13(21)11-20-10-8-18-19-20/h4,6-8,10,13H,2-3,5,9,11H2,1H3,(H,23,24). The highest BCUT2D eigenvalue weighted by Crippen LogP contribution is 2.23. The summed E-state index contributed by atoms with van der Waals surface area (Å²) >= 11 is 0. The molecule has 1 aromatic heterocycles. The summed E-state index contributed by atoms with van der Waals surface area (Å²) in [6, 6.07) is 4.89. The van der Waals surface area contributed by atoms with E-state index in [1.165, 1.54) is 6.07 Å². The van der Waals surface area contributed by atoms with Gasteiger partial charge in [-0.2, -0.15) is 0 Å². The molecule has 0 bridgehead atoms. The first kappa shape index (κ1) is 16.2. The molecule has 1 aliphatic heterocycles. The number of amides is 1. The predicted molar refractivity (Wildman–Crippen MR) is 86.8 cm³/mol. The van der Waals surface area contributed by atoms with Crippen LogP contribution in [-0.4, -0.2) is 49.5 Å². The SMILES string of the molecule is Cc1c(C(=O)O)cccc1C(=O)N1CCCCC1Cn1ccnn1. The summed E-state index contributed by atoms with van der Waals surface area (Å²) in [5, 5.41) is 17.0. The lowest BCUT2D eigenvalue weighted by Gasteiger charge is -2.36. The Morgan fingerprint density at radius 3 is 2.79 bits per heavy atom. The first-order valence-corrected chi connectivity index (χ1v) is 8.06. The molecule has 7 heteroatoms. The van der Waals surface area contributed by atoms with Crippen molar-refractivity contribution in [2.75, 3.05) is 6.54 Å². The Kier molecular flexibility index (Phi) is 4.59. The van der Waals surface area contributed by atoms with E-state index in [0.717, 1.165) is 19.3 Å². The van der Waals surface area contributed by atoms with Crippen LogP contribution in [-0.2, 0) is 6.54 Å². The molecule has 1 N–H and O–H groups in total. The van der Waals surface area contributed by atoms with Crippen molar-refractivity contribution < 1.29 is 14.7 Å². The fraction of sp³-hybridized carbons (Fsp3) is 0.412. The van der Waals surface area contributed by atoms with Crippen LogP contribution in [0.15, 0.2) is 30.6 Å². The number of carboxylic acid groups (broad SMARTS) is 1. The van der Waals surface area contributed by atoms with E-state index in [0.29, 0.717) is 24.2 Å². The van der Waals surface area contributed by atoms with Gasteiger partial charge in [-0.05, 0) is 43.9 Å². The minimum Gasteiger partial charge on any atom is -0.478 e. The van der Waals surface area contributed by atoms with Gasteiger partial charge in [0, 0.05) is 18.3 Å². The van der Waals surface area contributed by atoms with E-state index in [2.05, 4.69) is 10.3 Å². The summed E-state index contributed by atoms with van der Waals surface area (Å²) in [5.41, 5.74) is 1.14. The van der Waals surface area contributed by atoms with Gasteiger partial charge in [-0.3, -0.25) is 9.48 Å². The first-order chi connectivity index (χ1) is 11.6. The lowest BCUT2D eigenvalue weighted by molar-refractivity contribution is 0.0582. The van der Waals surface area contributed by atoms with Gasteiger partial charge in [0.05, 0.1) is 24.3 Å². The van der Waals surface area contributed by atoms with Gasteiger partial charge in [0.1, 0.15) is 0 Å². The van der Waals surface area contributed by atoms with Crippen molar-refractivity contribution in [3.8, 4) is 0 Å². The van der Waals surface area contributed by atoms with E-state index in [-0.39, 0.29) is 17.5 Å². The number of nitrogens with zero attached hydrogens (tertiary/aromatic N) is 4. The van der Waals surface area contributed by atoms with Crippen LogP contribution >= 0.6 is 0 Å². The van der Waals surface area contributed by atoms with Gasteiger partial charge in [-0.1, -0.05) is 11.3 Å². The fourth-order valence-electron chi connectivity index (χ4n) is 3.26. The number of benzene rings is 1. The topological polar surface area (TPSA) is 88.3 Å². The van der Waals surface area contributed by atoms with Crippen LogP contribution in [0.1, 0.15) is 45.5 Å². The van der Waals surface area contributed by atoms with E-state index < -0.39 is 5.97 Å². The zero-order valence-corrected chi connectivity index (χ0v) is 13.6. The summed E-state index contributed by atoms with van der Waals surface area (Å²) in [6.45, 7) is 2.96. The Morgan fingerprint density at radius 2 is 2.08 bits per heavy atom. The second kappa shape index (κ2) is 6.82. The third kappa shape index (κ3) is 3.15.